The molecule has 1 aromatic carbocycles. The van der Waals surface area contributed by atoms with Crippen molar-refractivity contribution in [3.8, 4) is 5.75 Å². The molecule has 26 heavy (non-hydrogen) atoms. The van der Waals surface area contributed by atoms with Crippen molar-refractivity contribution in [2.24, 2.45) is 0 Å². The zero-order valence-electron chi connectivity index (χ0n) is 14.8. The van der Waals surface area contributed by atoms with Crippen molar-refractivity contribution in [3.63, 3.8) is 0 Å². The lowest BCUT2D eigenvalue weighted by Gasteiger charge is -2.35. The van der Waals surface area contributed by atoms with Gasteiger partial charge in [-0.05, 0) is 18.1 Å². The second kappa shape index (κ2) is 7.43. The van der Waals surface area contributed by atoms with Gasteiger partial charge in [-0.1, -0.05) is 30.3 Å². The van der Waals surface area contributed by atoms with Crippen LogP contribution in [-0.4, -0.2) is 54.7 Å². The molecule has 0 saturated carbocycles. The van der Waals surface area contributed by atoms with Gasteiger partial charge in [0.25, 0.3) is 5.91 Å². The van der Waals surface area contributed by atoms with Crippen LogP contribution in [0.1, 0.15) is 28.6 Å². The SMILES string of the molecule is COc1ccnc(C(=O)N[C@@H]2C[C@H]3CO[C@@H](c4ccccc4)CN3C2)c1. The minimum absolute atomic E-state index is 0.0990. The van der Waals surface area contributed by atoms with Crippen molar-refractivity contribution in [1.29, 1.82) is 0 Å². The topological polar surface area (TPSA) is 63.7 Å². The van der Waals surface area contributed by atoms with E-state index in [9.17, 15) is 4.79 Å². The highest BCUT2D eigenvalue weighted by atomic mass is 16.5. The number of carbonyl (C=O) groups excluding carboxylic acids is 1. The molecule has 0 radical (unpaired) electrons. The average molecular weight is 353 g/mol. The van der Waals surface area contributed by atoms with Crippen molar-refractivity contribution >= 4 is 5.91 Å². The van der Waals surface area contributed by atoms with Crippen molar-refractivity contribution in [2.45, 2.75) is 24.6 Å². The summed E-state index contributed by atoms with van der Waals surface area (Å²) in [5, 5.41) is 3.10. The van der Waals surface area contributed by atoms with Crippen LogP contribution in [0.2, 0.25) is 0 Å². The van der Waals surface area contributed by atoms with Gasteiger partial charge in [-0.3, -0.25) is 14.7 Å². The Balaban J connectivity index is 1.37. The summed E-state index contributed by atoms with van der Waals surface area (Å²) in [6.45, 7) is 2.40. The summed E-state index contributed by atoms with van der Waals surface area (Å²) in [5.41, 5.74) is 1.59. The van der Waals surface area contributed by atoms with E-state index in [0.29, 0.717) is 24.1 Å². The van der Waals surface area contributed by atoms with Crippen LogP contribution < -0.4 is 10.1 Å². The van der Waals surface area contributed by atoms with Gasteiger partial charge in [-0.15, -0.1) is 0 Å². The Morgan fingerprint density at radius 2 is 2.12 bits per heavy atom. The molecule has 0 aliphatic carbocycles. The summed E-state index contributed by atoms with van der Waals surface area (Å²) in [6.07, 6.45) is 2.59. The molecule has 1 amide bonds. The third-order valence-electron chi connectivity index (χ3n) is 5.12. The lowest BCUT2D eigenvalue weighted by molar-refractivity contribution is -0.0502. The van der Waals surface area contributed by atoms with Gasteiger partial charge in [0.05, 0.1) is 19.8 Å². The van der Waals surface area contributed by atoms with Crippen LogP contribution in [0.5, 0.6) is 5.75 Å². The normalized spacial score (nSPS) is 25.5. The monoisotopic (exact) mass is 353 g/mol. The fourth-order valence-corrected chi connectivity index (χ4v) is 3.77. The summed E-state index contributed by atoms with van der Waals surface area (Å²) in [6, 6.07) is 14.2. The number of amides is 1. The number of ether oxygens (including phenoxy) is 2. The first-order valence-electron chi connectivity index (χ1n) is 8.94. The Hall–Kier alpha value is -2.44. The molecule has 1 aromatic heterocycles. The first kappa shape index (κ1) is 17.0. The van der Waals surface area contributed by atoms with Crippen LogP contribution in [0, 0.1) is 0 Å². The van der Waals surface area contributed by atoms with Gasteiger partial charge in [-0.25, -0.2) is 0 Å². The maximum Gasteiger partial charge on any atom is 0.270 e. The number of rotatable bonds is 4. The fraction of sp³-hybridized carbons (Fsp3) is 0.400. The Morgan fingerprint density at radius 3 is 2.92 bits per heavy atom. The second-order valence-electron chi connectivity index (χ2n) is 6.83. The number of hydrogen-bond donors (Lipinski definition) is 1. The molecule has 0 unspecified atom stereocenters. The van der Waals surface area contributed by atoms with E-state index in [2.05, 4.69) is 27.3 Å². The third-order valence-corrected chi connectivity index (χ3v) is 5.12. The van der Waals surface area contributed by atoms with Crippen molar-refractivity contribution in [3.05, 3.63) is 59.9 Å². The summed E-state index contributed by atoms with van der Waals surface area (Å²) in [5.74, 6) is 0.474. The fourth-order valence-electron chi connectivity index (χ4n) is 3.77. The number of aromatic nitrogens is 1. The van der Waals surface area contributed by atoms with Crippen LogP contribution in [0.3, 0.4) is 0 Å². The maximum atomic E-state index is 12.5. The number of pyridine rings is 1. The summed E-state index contributed by atoms with van der Waals surface area (Å²) in [4.78, 5) is 19.0. The predicted octanol–water partition coefficient (Wildman–Crippen LogP) is 2.03. The molecule has 4 rings (SSSR count). The molecule has 6 nitrogen and oxygen atoms in total. The highest BCUT2D eigenvalue weighted by molar-refractivity contribution is 5.92. The van der Waals surface area contributed by atoms with Crippen LogP contribution >= 0.6 is 0 Å². The number of nitrogens with zero attached hydrogens (tertiary/aromatic N) is 2. The van der Waals surface area contributed by atoms with Gasteiger partial charge >= 0.3 is 0 Å². The standard InChI is InChI=1S/C20H23N3O3/c1-25-17-7-8-21-18(10-17)20(24)22-15-9-16-13-26-19(12-23(16)11-15)14-5-3-2-4-6-14/h2-8,10,15-16,19H,9,11-13H2,1H3,(H,22,24)/t15-,16+,19-/m1/s1. The van der Waals surface area contributed by atoms with E-state index in [1.807, 2.05) is 18.2 Å². The first-order valence-corrected chi connectivity index (χ1v) is 8.94. The molecular weight excluding hydrogens is 330 g/mol. The van der Waals surface area contributed by atoms with Crippen molar-refractivity contribution in [2.75, 3.05) is 26.8 Å². The van der Waals surface area contributed by atoms with Crippen LogP contribution in [-0.2, 0) is 4.74 Å². The van der Waals surface area contributed by atoms with Crippen LogP contribution in [0.4, 0.5) is 0 Å². The Morgan fingerprint density at radius 1 is 1.27 bits per heavy atom. The lowest BCUT2D eigenvalue weighted by Crippen LogP contribution is -2.43. The molecule has 1 N–H and O–H groups in total. The third kappa shape index (κ3) is 3.57. The van der Waals surface area contributed by atoms with Gasteiger partial charge < -0.3 is 14.8 Å². The zero-order chi connectivity index (χ0) is 17.9. The summed E-state index contributed by atoms with van der Waals surface area (Å²) < 4.78 is 11.2. The number of hydrogen-bond acceptors (Lipinski definition) is 5. The van der Waals surface area contributed by atoms with E-state index in [4.69, 9.17) is 9.47 Å². The highest BCUT2D eigenvalue weighted by Gasteiger charge is 2.38. The number of fused-ring (bicyclic) bond motifs is 1. The molecule has 0 bridgehead atoms. The smallest absolute Gasteiger partial charge is 0.270 e. The van der Waals surface area contributed by atoms with Gasteiger partial charge in [0, 0.05) is 37.4 Å². The largest absolute Gasteiger partial charge is 0.497 e. The Bertz CT molecular complexity index is 768. The van der Waals surface area contributed by atoms with Crippen LogP contribution in [0.15, 0.2) is 48.7 Å². The molecular formula is C20H23N3O3. The minimum Gasteiger partial charge on any atom is -0.497 e. The molecule has 2 aromatic rings. The Kier molecular flexibility index (Phi) is 4.86. The number of nitrogens with one attached hydrogen (secondary N) is 1. The highest BCUT2D eigenvalue weighted by Crippen LogP contribution is 2.30. The van der Waals surface area contributed by atoms with Crippen molar-refractivity contribution in [1.82, 2.24) is 15.2 Å². The quantitative estimate of drug-likeness (QED) is 0.911. The van der Waals surface area contributed by atoms with E-state index in [-0.39, 0.29) is 18.1 Å². The van der Waals surface area contributed by atoms with Gasteiger partial charge in [0.15, 0.2) is 0 Å². The minimum atomic E-state index is -0.158. The number of morpholine rings is 1. The molecule has 0 spiro atoms. The summed E-state index contributed by atoms with van der Waals surface area (Å²) >= 11 is 0. The lowest BCUT2D eigenvalue weighted by atomic mass is 10.1. The van der Waals surface area contributed by atoms with Gasteiger partial charge in [0.2, 0.25) is 0 Å². The number of carbonyl (C=O) groups is 1. The van der Waals surface area contributed by atoms with E-state index >= 15 is 0 Å². The Labute approximate surface area is 153 Å². The molecule has 2 saturated heterocycles. The molecule has 2 aliphatic rings. The molecule has 136 valence electrons. The van der Waals surface area contributed by atoms with E-state index < -0.39 is 0 Å². The maximum absolute atomic E-state index is 12.5. The van der Waals surface area contributed by atoms with Crippen LogP contribution in [0.25, 0.3) is 0 Å². The second-order valence-corrected chi connectivity index (χ2v) is 6.83. The summed E-state index contributed by atoms with van der Waals surface area (Å²) in [7, 11) is 1.58. The molecule has 3 heterocycles. The molecule has 2 fully saturated rings. The van der Waals surface area contributed by atoms with E-state index in [0.717, 1.165) is 19.5 Å². The van der Waals surface area contributed by atoms with Gasteiger partial charge in [0.1, 0.15) is 11.4 Å². The van der Waals surface area contributed by atoms with E-state index in [1.165, 1.54) is 5.56 Å². The number of benzene rings is 1. The molecule has 2 aliphatic heterocycles. The zero-order valence-corrected chi connectivity index (χ0v) is 14.8. The molecule has 6 heteroatoms. The number of methoxy groups -OCH3 is 1. The van der Waals surface area contributed by atoms with Crippen molar-refractivity contribution < 1.29 is 14.3 Å². The molecule has 3 atom stereocenters. The first-order chi connectivity index (χ1) is 12.7. The predicted molar refractivity (Wildman–Crippen MR) is 97.2 cm³/mol. The van der Waals surface area contributed by atoms with Gasteiger partial charge in [-0.2, -0.15) is 0 Å². The van der Waals surface area contributed by atoms with E-state index in [1.54, 1.807) is 25.4 Å². The average Bonchev–Trinajstić information content (AvgIpc) is 3.10.